The largest absolute Gasteiger partial charge is 0.372 e. The van der Waals surface area contributed by atoms with Gasteiger partial charge in [0.2, 0.25) is 0 Å². The molecule has 2 atom stereocenters. The smallest absolute Gasteiger partial charge is 0.123 e. The summed E-state index contributed by atoms with van der Waals surface area (Å²) in [4.78, 5) is 2.19. The van der Waals surface area contributed by atoms with Crippen LogP contribution in [-0.2, 0) is 0 Å². The molecule has 102 valence electrons. The first-order valence-corrected chi connectivity index (χ1v) is 6.60. The molecule has 1 aromatic rings. The van der Waals surface area contributed by atoms with Crippen molar-refractivity contribution < 1.29 is 4.39 Å². The van der Waals surface area contributed by atoms with E-state index < -0.39 is 0 Å². The lowest BCUT2D eigenvalue weighted by atomic mass is 10.0. The molecule has 0 spiro atoms. The van der Waals surface area contributed by atoms with Crippen LogP contribution in [0.25, 0.3) is 0 Å². The first kappa shape index (κ1) is 15.0. The average molecular weight is 252 g/mol. The molecule has 0 heterocycles. The van der Waals surface area contributed by atoms with Crippen LogP contribution >= 0.6 is 0 Å². The van der Waals surface area contributed by atoms with Crippen LogP contribution < -0.4 is 10.6 Å². The topological polar surface area (TPSA) is 29.3 Å². The third kappa shape index (κ3) is 3.70. The quantitative estimate of drug-likeness (QED) is 0.865. The van der Waals surface area contributed by atoms with Crippen molar-refractivity contribution in [2.75, 3.05) is 11.9 Å². The summed E-state index contributed by atoms with van der Waals surface area (Å²) >= 11 is 0. The Morgan fingerprint density at radius 1 is 1.22 bits per heavy atom. The van der Waals surface area contributed by atoms with Gasteiger partial charge in [0.05, 0.1) is 0 Å². The van der Waals surface area contributed by atoms with Gasteiger partial charge < -0.3 is 10.6 Å². The van der Waals surface area contributed by atoms with E-state index in [1.165, 1.54) is 6.07 Å². The fourth-order valence-corrected chi connectivity index (χ4v) is 2.29. The lowest BCUT2D eigenvalue weighted by Gasteiger charge is -2.31. The standard InChI is InChI=1S/C15H25FN2/c1-10(2)8-11(3)18(5)15-7-6-13(16)9-14(15)12(4)17/h6-7,9-12H,8,17H2,1-5H3. The van der Waals surface area contributed by atoms with Gasteiger partial charge in [-0.25, -0.2) is 4.39 Å². The summed E-state index contributed by atoms with van der Waals surface area (Å²) in [5.41, 5.74) is 7.83. The molecule has 0 aliphatic heterocycles. The number of halogens is 1. The van der Waals surface area contributed by atoms with Crippen LogP contribution in [0.5, 0.6) is 0 Å². The minimum absolute atomic E-state index is 0.163. The minimum atomic E-state index is -0.226. The molecule has 1 rings (SSSR count). The molecule has 2 N–H and O–H groups in total. The fourth-order valence-electron chi connectivity index (χ4n) is 2.29. The van der Waals surface area contributed by atoms with Crippen molar-refractivity contribution in [2.45, 2.75) is 46.2 Å². The third-order valence-electron chi connectivity index (χ3n) is 3.33. The van der Waals surface area contributed by atoms with Crippen molar-refractivity contribution in [3.05, 3.63) is 29.6 Å². The van der Waals surface area contributed by atoms with Crippen LogP contribution in [0.15, 0.2) is 18.2 Å². The summed E-state index contributed by atoms with van der Waals surface area (Å²) in [6.45, 7) is 8.50. The summed E-state index contributed by atoms with van der Waals surface area (Å²) in [6.07, 6.45) is 1.10. The Bertz CT molecular complexity index is 388. The number of nitrogens with two attached hydrogens (primary N) is 1. The first-order valence-electron chi connectivity index (χ1n) is 6.60. The van der Waals surface area contributed by atoms with Gasteiger partial charge in [0, 0.05) is 24.8 Å². The summed E-state index contributed by atoms with van der Waals surface area (Å²) in [5.74, 6) is 0.414. The van der Waals surface area contributed by atoms with Gasteiger partial charge in [-0.2, -0.15) is 0 Å². The van der Waals surface area contributed by atoms with Gasteiger partial charge in [-0.05, 0) is 49.9 Å². The van der Waals surface area contributed by atoms with Gasteiger partial charge in [0.15, 0.2) is 0 Å². The summed E-state index contributed by atoms with van der Waals surface area (Å²) in [7, 11) is 2.05. The van der Waals surface area contributed by atoms with Crippen molar-refractivity contribution in [2.24, 2.45) is 11.7 Å². The molecule has 2 unspecified atom stereocenters. The van der Waals surface area contributed by atoms with E-state index in [0.717, 1.165) is 17.7 Å². The van der Waals surface area contributed by atoms with Gasteiger partial charge in [0.1, 0.15) is 5.82 Å². The highest BCUT2D eigenvalue weighted by Gasteiger charge is 2.17. The Balaban J connectivity index is 3.01. The van der Waals surface area contributed by atoms with Gasteiger partial charge >= 0.3 is 0 Å². The average Bonchev–Trinajstić information content (AvgIpc) is 2.26. The zero-order valence-electron chi connectivity index (χ0n) is 12.1. The van der Waals surface area contributed by atoms with Crippen LogP contribution in [-0.4, -0.2) is 13.1 Å². The zero-order chi connectivity index (χ0) is 13.9. The second-order valence-corrected chi connectivity index (χ2v) is 5.58. The summed E-state index contributed by atoms with van der Waals surface area (Å²) in [6, 6.07) is 5.11. The van der Waals surface area contributed by atoms with E-state index in [1.54, 1.807) is 6.07 Å². The summed E-state index contributed by atoms with van der Waals surface area (Å²) < 4.78 is 13.3. The highest BCUT2D eigenvalue weighted by atomic mass is 19.1. The Hall–Kier alpha value is -1.09. The SMILES string of the molecule is CC(C)CC(C)N(C)c1ccc(F)cc1C(C)N. The molecule has 0 bridgehead atoms. The molecular formula is C15H25FN2. The van der Waals surface area contributed by atoms with E-state index in [4.69, 9.17) is 5.73 Å². The Morgan fingerprint density at radius 2 is 1.83 bits per heavy atom. The van der Waals surface area contributed by atoms with E-state index in [1.807, 2.05) is 20.0 Å². The predicted molar refractivity (Wildman–Crippen MR) is 76.3 cm³/mol. The third-order valence-corrected chi connectivity index (χ3v) is 3.33. The Labute approximate surface area is 110 Å². The summed E-state index contributed by atoms with van der Waals surface area (Å²) in [5, 5.41) is 0. The molecule has 0 aromatic heterocycles. The van der Waals surface area contributed by atoms with Gasteiger partial charge in [-0.3, -0.25) is 0 Å². The fraction of sp³-hybridized carbons (Fsp3) is 0.600. The highest BCUT2D eigenvalue weighted by Crippen LogP contribution is 2.28. The van der Waals surface area contributed by atoms with E-state index >= 15 is 0 Å². The number of anilines is 1. The van der Waals surface area contributed by atoms with Crippen LogP contribution in [0.1, 0.15) is 45.7 Å². The lowest BCUT2D eigenvalue weighted by Crippen LogP contribution is -2.31. The van der Waals surface area contributed by atoms with E-state index in [-0.39, 0.29) is 11.9 Å². The molecule has 1 aromatic carbocycles. The number of hydrogen-bond acceptors (Lipinski definition) is 2. The first-order chi connectivity index (χ1) is 8.32. The number of hydrogen-bond donors (Lipinski definition) is 1. The van der Waals surface area contributed by atoms with Crippen molar-refractivity contribution in [1.29, 1.82) is 0 Å². The van der Waals surface area contributed by atoms with Crippen LogP contribution in [0.4, 0.5) is 10.1 Å². The molecule has 18 heavy (non-hydrogen) atoms. The molecule has 0 saturated heterocycles. The molecule has 0 aliphatic rings. The maximum absolute atomic E-state index is 13.3. The second-order valence-electron chi connectivity index (χ2n) is 5.58. The molecule has 0 amide bonds. The number of benzene rings is 1. The zero-order valence-corrected chi connectivity index (χ0v) is 12.1. The molecule has 0 saturated carbocycles. The van der Waals surface area contributed by atoms with Crippen molar-refractivity contribution in [3.8, 4) is 0 Å². The molecule has 0 aliphatic carbocycles. The maximum Gasteiger partial charge on any atom is 0.123 e. The van der Waals surface area contributed by atoms with Gasteiger partial charge in [-0.1, -0.05) is 13.8 Å². The van der Waals surface area contributed by atoms with Crippen LogP contribution in [0.2, 0.25) is 0 Å². The highest BCUT2D eigenvalue weighted by molar-refractivity contribution is 5.55. The molecule has 3 heteroatoms. The van der Waals surface area contributed by atoms with E-state index in [0.29, 0.717) is 12.0 Å². The molecular weight excluding hydrogens is 227 g/mol. The minimum Gasteiger partial charge on any atom is -0.372 e. The second kappa shape index (κ2) is 6.19. The van der Waals surface area contributed by atoms with E-state index in [2.05, 4.69) is 25.7 Å². The van der Waals surface area contributed by atoms with Gasteiger partial charge in [-0.15, -0.1) is 0 Å². The van der Waals surface area contributed by atoms with Crippen LogP contribution in [0.3, 0.4) is 0 Å². The monoisotopic (exact) mass is 252 g/mol. The Morgan fingerprint density at radius 3 is 2.33 bits per heavy atom. The Kier molecular flexibility index (Phi) is 5.15. The predicted octanol–water partition coefficient (Wildman–Crippen LogP) is 3.72. The van der Waals surface area contributed by atoms with Crippen molar-refractivity contribution >= 4 is 5.69 Å². The maximum atomic E-state index is 13.3. The van der Waals surface area contributed by atoms with Crippen molar-refractivity contribution in [1.82, 2.24) is 0 Å². The normalized spacial score (nSPS) is 14.7. The molecule has 2 nitrogen and oxygen atoms in total. The lowest BCUT2D eigenvalue weighted by molar-refractivity contribution is 0.502. The van der Waals surface area contributed by atoms with Gasteiger partial charge in [0.25, 0.3) is 0 Å². The molecule has 0 radical (unpaired) electrons. The van der Waals surface area contributed by atoms with Crippen LogP contribution in [0, 0.1) is 11.7 Å². The molecule has 0 fully saturated rings. The number of rotatable bonds is 5. The van der Waals surface area contributed by atoms with E-state index in [9.17, 15) is 4.39 Å². The number of nitrogens with zero attached hydrogens (tertiary/aromatic N) is 1. The van der Waals surface area contributed by atoms with Crippen molar-refractivity contribution in [3.63, 3.8) is 0 Å².